The maximum Gasteiger partial charge on any atom is 0.290 e. The number of pyridine rings is 1. The van der Waals surface area contributed by atoms with E-state index in [1.807, 2.05) is 18.2 Å². The van der Waals surface area contributed by atoms with Gasteiger partial charge in [-0.25, -0.2) is 13.4 Å². The number of benzene rings is 1. The molecule has 3 aromatic rings. The summed E-state index contributed by atoms with van der Waals surface area (Å²) < 4.78 is 32.7. The number of nitrogens with one attached hydrogen (secondary N) is 1. The molecule has 37 heavy (non-hydrogen) atoms. The zero-order valence-corrected chi connectivity index (χ0v) is 21.0. The number of rotatable bonds is 5. The van der Waals surface area contributed by atoms with Crippen LogP contribution in [-0.2, 0) is 19.6 Å². The quantitative estimate of drug-likeness (QED) is 0.542. The standard InChI is InChI=1S/C26H28N4O6S/c31-21-17-29(37(34,35)24-12-3-5-13-27-24)14-7-9-19(21)28-25(32)20-10-4-6-15-30(20)26(33)23-16-18-8-1-2-11-22(18)36-23/h1-3,5,8,11-13,16,19-20H,4,6-7,9-10,14-15,17H2,(H,28,32)/t19?,20-/m0/s1. The van der Waals surface area contributed by atoms with Gasteiger partial charge in [0.2, 0.25) is 5.91 Å². The molecule has 0 spiro atoms. The molecule has 2 saturated heterocycles. The van der Waals surface area contributed by atoms with Crippen LogP contribution < -0.4 is 5.32 Å². The largest absolute Gasteiger partial charge is 0.451 e. The Hall–Kier alpha value is -3.57. The van der Waals surface area contributed by atoms with Gasteiger partial charge in [0.1, 0.15) is 11.6 Å². The minimum Gasteiger partial charge on any atom is -0.451 e. The molecule has 2 aliphatic heterocycles. The summed E-state index contributed by atoms with van der Waals surface area (Å²) in [5.41, 5.74) is 0.595. The first kappa shape index (κ1) is 25.1. The molecule has 2 aliphatic rings. The number of ketones is 1. The molecule has 0 aliphatic carbocycles. The molecule has 4 heterocycles. The second kappa shape index (κ2) is 10.4. The summed E-state index contributed by atoms with van der Waals surface area (Å²) in [7, 11) is -3.93. The SMILES string of the molecule is O=C1CN(S(=O)(=O)c2ccccn2)CCCC1NC(=O)[C@@H]1CCCCN1C(=O)c1cc2ccccc2o1. The van der Waals surface area contributed by atoms with Crippen LogP contribution in [0.25, 0.3) is 11.0 Å². The van der Waals surface area contributed by atoms with Gasteiger partial charge in [0.25, 0.3) is 15.9 Å². The van der Waals surface area contributed by atoms with Crippen LogP contribution in [0.3, 0.4) is 0 Å². The predicted molar refractivity (Wildman–Crippen MR) is 134 cm³/mol. The summed E-state index contributed by atoms with van der Waals surface area (Å²) in [5, 5.41) is 3.49. The van der Waals surface area contributed by atoms with E-state index in [2.05, 4.69) is 10.3 Å². The highest BCUT2D eigenvalue weighted by Crippen LogP contribution is 2.25. The van der Waals surface area contributed by atoms with E-state index >= 15 is 0 Å². The fraction of sp³-hybridized carbons (Fsp3) is 0.385. The Balaban J connectivity index is 1.28. The van der Waals surface area contributed by atoms with Crippen LogP contribution in [0.2, 0.25) is 0 Å². The van der Waals surface area contributed by atoms with Gasteiger partial charge in [-0.05, 0) is 56.4 Å². The van der Waals surface area contributed by atoms with Crippen molar-refractivity contribution in [1.29, 1.82) is 0 Å². The van der Waals surface area contributed by atoms with Crippen LogP contribution in [0.4, 0.5) is 0 Å². The Morgan fingerprint density at radius 2 is 1.81 bits per heavy atom. The predicted octanol–water partition coefficient (Wildman–Crippen LogP) is 2.36. The van der Waals surface area contributed by atoms with Crippen molar-refractivity contribution in [1.82, 2.24) is 19.5 Å². The Morgan fingerprint density at radius 3 is 2.59 bits per heavy atom. The van der Waals surface area contributed by atoms with E-state index in [0.29, 0.717) is 31.4 Å². The molecule has 0 saturated carbocycles. The van der Waals surface area contributed by atoms with E-state index in [4.69, 9.17) is 4.42 Å². The van der Waals surface area contributed by atoms with E-state index in [1.54, 1.807) is 24.3 Å². The number of fused-ring (bicyclic) bond motifs is 1. The number of hydrogen-bond acceptors (Lipinski definition) is 7. The number of aromatic nitrogens is 1. The Morgan fingerprint density at radius 1 is 1.00 bits per heavy atom. The molecule has 2 atom stereocenters. The molecule has 11 heteroatoms. The van der Waals surface area contributed by atoms with Crippen LogP contribution in [0.5, 0.6) is 0 Å². The summed E-state index contributed by atoms with van der Waals surface area (Å²) in [6.07, 6.45) is 4.10. The highest BCUT2D eigenvalue weighted by atomic mass is 32.2. The summed E-state index contributed by atoms with van der Waals surface area (Å²) in [4.78, 5) is 45.1. The molecule has 2 fully saturated rings. The summed E-state index contributed by atoms with van der Waals surface area (Å²) >= 11 is 0. The third-order valence-electron chi connectivity index (χ3n) is 6.88. The molecule has 10 nitrogen and oxygen atoms in total. The number of carbonyl (C=O) groups excluding carboxylic acids is 3. The topological polar surface area (TPSA) is 130 Å². The van der Waals surface area contributed by atoms with E-state index < -0.39 is 33.8 Å². The van der Waals surface area contributed by atoms with E-state index in [9.17, 15) is 22.8 Å². The summed E-state index contributed by atoms with van der Waals surface area (Å²) in [6, 6.07) is 12.0. The molecule has 0 bridgehead atoms. The lowest BCUT2D eigenvalue weighted by atomic mass is 9.99. The van der Waals surface area contributed by atoms with Crippen molar-refractivity contribution in [2.24, 2.45) is 0 Å². The number of likely N-dealkylation sites (tertiary alicyclic amines) is 1. The first-order valence-electron chi connectivity index (χ1n) is 12.4. The molecule has 0 radical (unpaired) electrons. The van der Waals surface area contributed by atoms with Gasteiger partial charge in [0, 0.05) is 24.7 Å². The van der Waals surface area contributed by atoms with Gasteiger partial charge < -0.3 is 14.6 Å². The lowest BCUT2D eigenvalue weighted by Crippen LogP contribution is -2.55. The van der Waals surface area contributed by atoms with Crippen molar-refractivity contribution < 1.29 is 27.2 Å². The van der Waals surface area contributed by atoms with Gasteiger partial charge in [-0.15, -0.1) is 0 Å². The molecule has 2 aromatic heterocycles. The molecule has 1 N–H and O–H groups in total. The first-order chi connectivity index (χ1) is 17.8. The smallest absolute Gasteiger partial charge is 0.290 e. The van der Waals surface area contributed by atoms with Gasteiger partial charge in [-0.1, -0.05) is 24.3 Å². The zero-order chi connectivity index (χ0) is 26.0. The normalized spacial score (nSPS) is 21.5. The average Bonchev–Trinajstić information content (AvgIpc) is 3.27. The van der Waals surface area contributed by atoms with Crippen molar-refractivity contribution >= 4 is 38.6 Å². The highest BCUT2D eigenvalue weighted by molar-refractivity contribution is 7.89. The lowest BCUT2D eigenvalue weighted by Gasteiger charge is -2.34. The molecule has 1 aromatic carbocycles. The molecule has 5 rings (SSSR count). The highest BCUT2D eigenvalue weighted by Gasteiger charge is 2.38. The summed E-state index contributed by atoms with van der Waals surface area (Å²) in [5.74, 6) is -1.00. The van der Waals surface area contributed by atoms with Gasteiger partial charge in [0.05, 0.1) is 12.6 Å². The second-order valence-corrected chi connectivity index (χ2v) is 11.2. The van der Waals surface area contributed by atoms with Gasteiger partial charge in [0.15, 0.2) is 16.6 Å². The fourth-order valence-electron chi connectivity index (χ4n) is 4.93. The molecule has 1 unspecified atom stereocenters. The summed E-state index contributed by atoms with van der Waals surface area (Å²) in [6.45, 7) is 0.204. The third kappa shape index (κ3) is 5.14. The van der Waals surface area contributed by atoms with Crippen molar-refractivity contribution in [3.63, 3.8) is 0 Å². The fourth-order valence-corrected chi connectivity index (χ4v) is 6.31. The molecule has 194 valence electrons. The number of furan rings is 1. The van der Waals surface area contributed by atoms with Crippen LogP contribution in [0, 0.1) is 0 Å². The van der Waals surface area contributed by atoms with Gasteiger partial charge in [-0.2, -0.15) is 4.31 Å². The maximum atomic E-state index is 13.3. The first-order valence-corrected chi connectivity index (χ1v) is 13.8. The molecule has 2 amide bonds. The molecular formula is C26H28N4O6S. The van der Waals surface area contributed by atoms with Crippen molar-refractivity contribution in [2.45, 2.75) is 49.2 Å². The number of nitrogens with zero attached hydrogens (tertiary/aromatic N) is 3. The van der Waals surface area contributed by atoms with Crippen LogP contribution >= 0.6 is 0 Å². The Kier molecular flexibility index (Phi) is 7.07. The second-order valence-electron chi connectivity index (χ2n) is 9.33. The number of carbonyl (C=O) groups is 3. The van der Waals surface area contributed by atoms with Crippen LogP contribution in [-0.4, -0.2) is 71.9 Å². The van der Waals surface area contributed by atoms with Crippen LogP contribution in [0.1, 0.15) is 42.7 Å². The van der Waals surface area contributed by atoms with Gasteiger partial charge in [-0.3, -0.25) is 14.4 Å². The van der Waals surface area contributed by atoms with E-state index in [1.165, 1.54) is 17.2 Å². The zero-order valence-electron chi connectivity index (χ0n) is 20.2. The number of piperidine rings is 1. The van der Waals surface area contributed by atoms with Crippen LogP contribution in [0.15, 0.2) is 64.2 Å². The third-order valence-corrected chi connectivity index (χ3v) is 8.64. The number of hydrogen-bond donors (Lipinski definition) is 1. The number of Topliss-reactive ketones (excluding diaryl/α,β-unsaturated/α-hetero) is 1. The number of sulfonamides is 1. The van der Waals surface area contributed by atoms with Gasteiger partial charge >= 0.3 is 0 Å². The minimum atomic E-state index is -3.93. The molecular weight excluding hydrogens is 496 g/mol. The number of para-hydroxylation sites is 1. The Labute approximate surface area is 214 Å². The van der Waals surface area contributed by atoms with Crippen molar-refractivity contribution in [3.05, 3.63) is 60.5 Å². The van der Waals surface area contributed by atoms with E-state index in [-0.39, 0.29) is 29.8 Å². The average molecular weight is 525 g/mol. The van der Waals surface area contributed by atoms with Crippen molar-refractivity contribution in [3.8, 4) is 0 Å². The number of amides is 2. The Bertz CT molecular complexity index is 1390. The van der Waals surface area contributed by atoms with Crippen molar-refractivity contribution in [2.75, 3.05) is 19.6 Å². The monoisotopic (exact) mass is 524 g/mol. The lowest BCUT2D eigenvalue weighted by molar-refractivity contribution is -0.131. The van der Waals surface area contributed by atoms with E-state index in [0.717, 1.165) is 22.5 Å². The maximum absolute atomic E-state index is 13.3. The minimum absolute atomic E-state index is 0.118.